The van der Waals surface area contributed by atoms with Crippen LogP contribution in [0.25, 0.3) is 0 Å². The quantitative estimate of drug-likeness (QED) is 0.693. The maximum atomic E-state index is 12.4. The average Bonchev–Trinajstić information content (AvgIpc) is 3.03. The van der Waals surface area contributed by atoms with E-state index in [1.807, 2.05) is 6.07 Å². The van der Waals surface area contributed by atoms with Crippen molar-refractivity contribution in [1.29, 1.82) is 0 Å². The predicted molar refractivity (Wildman–Crippen MR) is 95.2 cm³/mol. The number of aromatic nitrogens is 1. The molecular weight excluding hydrogens is 360 g/mol. The molecule has 0 amide bonds. The van der Waals surface area contributed by atoms with Crippen LogP contribution in [0.1, 0.15) is 16.1 Å². The summed E-state index contributed by atoms with van der Waals surface area (Å²) >= 11 is 0. The molecule has 0 aliphatic carbocycles. The lowest BCUT2D eigenvalue weighted by molar-refractivity contribution is 0.0590. The van der Waals surface area contributed by atoms with E-state index in [1.165, 1.54) is 23.9 Å². The van der Waals surface area contributed by atoms with Crippen LogP contribution in [0.5, 0.6) is 11.5 Å². The highest BCUT2D eigenvalue weighted by atomic mass is 32.2. The van der Waals surface area contributed by atoms with Crippen molar-refractivity contribution in [2.24, 2.45) is 7.05 Å². The minimum absolute atomic E-state index is 0.00714. The molecule has 1 aromatic heterocycles. The molecule has 2 aromatic rings. The summed E-state index contributed by atoms with van der Waals surface area (Å²) in [6.45, 7) is 0.195. The van der Waals surface area contributed by atoms with Gasteiger partial charge in [0, 0.05) is 19.8 Å². The van der Waals surface area contributed by atoms with Crippen LogP contribution in [-0.2, 0) is 28.2 Å². The van der Waals surface area contributed by atoms with Crippen molar-refractivity contribution in [3.05, 3.63) is 41.7 Å². The van der Waals surface area contributed by atoms with Gasteiger partial charge in [0.1, 0.15) is 10.6 Å². The van der Waals surface area contributed by atoms with Gasteiger partial charge in [-0.1, -0.05) is 6.07 Å². The molecule has 0 fully saturated rings. The second-order valence-corrected chi connectivity index (χ2v) is 7.27. The van der Waals surface area contributed by atoms with Crippen LogP contribution >= 0.6 is 0 Å². The van der Waals surface area contributed by atoms with Crippen LogP contribution in [0, 0.1) is 0 Å². The maximum Gasteiger partial charge on any atom is 0.354 e. The van der Waals surface area contributed by atoms with Gasteiger partial charge in [0.25, 0.3) is 0 Å². The summed E-state index contributed by atoms with van der Waals surface area (Å²) in [6, 6.07) is 6.69. The van der Waals surface area contributed by atoms with Crippen molar-refractivity contribution >= 4 is 16.0 Å². The number of carbonyl (C=O) groups is 1. The van der Waals surface area contributed by atoms with E-state index in [2.05, 4.69) is 9.46 Å². The number of nitrogens with one attached hydrogen (secondary N) is 1. The topological polar surface area (TPSA) is 95.9 Å². The minimum atomic E-state index is -3.74. The van der Waals surface area contributed by atoms with Gasteiger partial charge in [-0.25, -0.2) is 17.9 Å². The lowest BCUT2D eigenvalue weighted by Gasteiger charge is -2.10. The summed E-state index contributed by atoms with van der Waals surface area (Å²) in [6.07, 6.45) is 1.83. The number of benzene rings is 1. The van der Waals surface area contributed by atoms with Gasteiger partial charge in [0.15, 0.2) is 11.5 Å². The van der Waals surface area contributed by atoms with Gasteiger partial charge in [-0.3, -0.25) is 0 Å². The molecule has 1 N–H and O–H groups in total. The molecular formula is C17H22N2O6S. The summed E-state index contributed by atoms with van der Waals surface area (Å²) in [7, 11) is 2.17. The number of aryl methyl sites for hydroxylation is 1. The maximum absolute atomic E-state index is 12.4. The first-order chi connectivity index (χ1) is 12.3. The molecule has 0 saturated heterocycles. The highest BCUT2D eigenvalue weighted by molar-refractivity contribution is 7.89. The number of esters is 1. The highest BCUT2D eigenvalue weighted by Gasteiger charge is 2.20. The van der Waals surface area contributed by atoms with Crippen LogP contribution in [0.2, 0.25) is 0 Å². The number of hydrogen-bond donors (Lipinski definition) is 1. The number of sulfonamides is 1. The molecule has 0 spiro atoms. The van der Waals surface area contributed by atoms with Crippen LogP contribution in [0.3, 0.4) is 0 Å². The van der Waals surface area contributed by atoms with E-state index in [1.54, 1.807) is 33.4 Å². The molecule has 0 aliphatic rings. The number of ether oxygens (including phenoxy) is 3. The van der Waals surface area contributed by atoms with Gasteiger partial charge in [-0.05, 0) is 30.2 Å². The Morgan fingerprint density at radius 3 is 2.42 bits per heavy atom. The molecule has 0 aliphatic heterocycles. The normalized spacial score (nSPS) is 11.2. The first kappa shape index (κ1) is 19.8. The SMILES string of the molecule is COC(=O)c1cc(S(=O)(=O)NCCc2ccc(OC)c(OC)c2)cn1C. The lowest BCUT2D eigenvalue weighted by Crippen LogP contribution is -2.25. The molecule has 0 bridgehead atoms. The molecule has 8 nitrogen and oxygen atoms in total. The molecule has 0 unspecified atom stereocenters. The van der Waals surface area contributed by atoms with Crippen LogP contribution < -0.4 is 14.2 Å². The Hall–Kier alpha value is -2.52. The van der Waals surface area contributed by atoms with Gasteiger partial charge in [-0.2, -0.15) is 0 Å². The fourth-order valence-corrected chi connectivity index (χ4v) is 3.54. The van der Waals surface area contributed by atoms with Crippen molar-refractivity contribution in [2.75, 3.05) is 27.9 Å². The summed E-state index contributed by atoms with van der Waals surface area (Å²) in [5.41, 5.74) is 1.06. The van der Waals surface area contributed by atoms with E-state index in [-0.39, 0.29) is 17.1 Å². The standard InChI is InChI=1S/C17H22N2O6S/c1-19-11-13(10-14(19)17(20)25-4)26(21,22)18-8-7-12-5-6-15(23-2)16(9-12)24-3/h5-6,9-11,18H,7-8H2,1-4H3. The summed E-state index contributed by atoms with van der Waals surface area (Å²) in [5, 5.41) is 0. The molecule has 142 valence electrons. The van der Waals surface area contributed by atoms with Crippen molar-refractivity contribution in [2.45, 2.75) is 11.3 Å². The third kappa shape index (κ3) is 4.36. The monoisotopic (exact) mass is 382 g/mol. The van der Waals surface area contributed by atoms with Gasteiger partial charge in [-0.15, -0.1) is 0 Å². The zero-order chi connectivity index (χ0) is 19.3. The third-order valence-corrected chi connectivity index (χ3v) is 5.27. The van der Waals surface area contributed by atoms with Crippen molar-refractivity contribution in [1.82, 2.24) is 9.29 Å². The predicted octanol–water partition coefficient (Wildman–Crippen LogP) is 1.35. The van der Waals surface area contributed by atoms with Crippen LogP contribution in [-0.4, -0.2) is 46.8 Å². The van der Waals surface area contributed by atoms with Gasteiger partial charge in [0.2, 0.25) is 10.0 Å². The van der Waals surface area contributed by atoms with E-state index in [0.29, 0.717) is 17.9 Å². The van der Waals surface area contributed by atoms with Crippen molar-refractivity contribution in [3.8, 4) is 11.5 Å². The van der Waals surface area contributed by atoms with Crippen molar-refractivity contribution in [3.63, 3.8) is 0 Å². The smallest absolute Gasteiger partial charge is 0.354 e. The van der Waals surface area contributed by atoms with Gasteiger partial charge < -0.3 is 18.8 Å². The van der Waals surface area contributed by atoms with E-state index in [9.17, 15) is 13.2 Å². The van der Waals surface area contributed by atoms with Crippen LogP contribution in [0.4, 0.5) is 0 Å². The summed E-state index contributed by atoms with van der Waals surface area (Å²) < 4.78 is 43.8. The van der Waals surface area contributed by atoms with E-state index in [4.69, 9.17) is 9.47 Å². The fourth-order valence-electron chi connectivity index (χ4n) is 2.44. The number of hydrogen-bond acceptors (Lipinski definition) is 6. The van der Waals surface area contributed by atoms with Crippen LogP contribution in [0.15, 0.2) is 35.4 Å². The molecule has 0 atom stereocenters. The molecule has 0 radical (unpaired) electrons. The Morgan fingerprint density at radius 1 is 1.12 bits per heavy atom. The molecule has 1 heterocycles. The molecule has 9 heteroatoms. The van der Waals surface area contributed by atoms with E-state index < -0.39 is 16.0 Å². The Morgan fingerprint density at radius 2 is 1.81 bits per heavy atom. The largest absolute Gasteiger partial charge is 0.493 e. The summed E-state index contributed by atoms with van der Waals surface area (Å²) in [5.74, 6) is 0.592. The summed E-state index contributed by atoms with van der Waals surface area (Å²) in [4.78, 5) is 11.6. The Bertz CT molecular complexity index is 889. The zero-order valence-corrected chi connectivity index (χ0v) is 15.9. The number of rotatable bonds is 8. The van der Waals surface area contributed by atoms with E-state index in [0.717, 1.165) is 5.56 Å². The van der Waals surface area contributed by atoms with E-state index >= 15 is 0 Å². The third-order valence-electron chi connectivity index (χ3n) is 3.84. The minimum Gasteiger partial charge on any atom is -0.493 e. The Balaban J connectivity index is 2.06. The second kappa shape index (κ2) is 8.24. The number of carbonyl (C=O) groups excluding carboxylic acids is 1. The average molecular weight is 382 g/mol. The number of nitrogens with zero attached hydrogens (tertiary/aromatic N) is 1. The molecule has 2 rings (SSSR count). The fraction of sp³-hybridized carbons (Fsp3) is 0.353. The number of methoxy groups -OCH3 is 3. The Labute approximate surface area is 152 Å². The van der Waals surface area contributed by atoms with Gasteiger partial charge >= 0.3 is 5.97 Å². The zero-order valence-electron chi connectivity index (χ0n) is 15.1. The highest BCUT2D eigenvalue weighted by Crippen LogP contribution is 2.27. The van der Waals surface area contributed by atoms with Crippen molar-refractivity contribution < 1.29 is 27.4 Å². The Kier molecular flexibility index (Phi) is 6.27. The second-order valence-electron chi connectivity index (χ2n) is 5.50. The lowest BCUT2D eigenvalue weighted by atomic mass is 10.1. The first-order valence-electron chi connectivity index (χ1n) is 7.77. The van der Waals surface area contributed by atoms with Gasteiger partial charge in [0.05, 0.1) is 21.3 Å². The molecule has 26 heavy (non-hydrogen) atoms. The first-order valence-corrected chi connectivity index (χ1v) is 9.26. The molecule has 1 aromatic carbocycles. The molecule has 0 saturated carbocycles.